The lowest BCUT2D eigenvalue weighted by Crippen LogP contribution is -2.45. The second kappa shape index (κ2) is 14.2. The lowest BCUT2D eigenvalue weighted by atomic mass is 9.85. The van der Waals surface area contributed by atoms with Crippen LogP contribution < -0.4 is 9.80 Å². The molecule has 44 heavy (non-hydrogen) atoms. The monoisotopic (exact) mass is 586 g/mol. The zero-order valence-electron chi connectivity index (χ0n) is 26.3. The third-order valence-corrected chi connectivity index (χ3v) is 9.61. The highest BCUT2D eigenvalue weighted by molar-refractivity contribution is 5.91. The summed E-state index contributed by atoms with van der Waals surface area (Å²) in [6, 6.07) is 38.9. The minimum atomic E-state index is -0.140. The van der Waals surface area contributed by atoms with Crippen molar-refractivity contribution in [2.75, 3.05) is 62.2 Å². The molecule has 228 valence electrons. The predicted molar refractivity (Wildman–Crippen MR) is 183 cm³/mol. The van der Waals surface area contributed by atoms with Crippen LogP contribution in [-0.4, -0.2) is 67.9 Å². The van der Waals surface area contributed by atoms with Crippen LogP contribution in [0.3, 0.4) is 0 Å². The standard InChI is InChI=1S/C39H46N4O/c1-31(35-13-17-37(18-14-35)42-25-21-40(22-26-42)29-33-9-5-3-6-10-33)39(44)32(2)36-15-19-38(20-16-36)43-27-23-41(24-28-43)30-34-11-7-4-8-12-34/h3-20,31-32H,21-30H2,1-2H3. The molecule has 0 bridgehead atoms. The number of anilines is 2. The quantitative estimate of drug-likeness (QED) is 0.204. The van der Waals surface area contributed by atoms with Gasteiger partial charge in [0.15, 0.2) is 0 Å². The third-order valence-electron chi connectivity index (χ3n) is 9.61. The highest BCUT2D eigenvalue weighted by atomic mass is 16.1. The number of hydrogen-bond acceptors (Lipinski definition) is 5. The summed E-state index contributed by atoms with van der Waals surface area (Å²) >= 11 is 0. The zero-order valence-corrected chi connectivity index (χ0v) is 26.3. The van der Waals surface area contributed by atoms with Gasteiger partial charge in [0, 0.05) is 88.7 Å². The van der Waals surface area contributed by atoms with Gasteiger partial charge in [0.2, 0.25) is 0 Å². The summed E-state index contributed by atoms with van der Waals surface area (Å²) in [6.07, 6.45) is 0. The molecule has 2 aliphatic heterocycles. The first-order valence-electron chi connectivity index (χ1n) is 16.3. The number of piperazine rings is 2. The van der Waals surface area contributed by atoms with Gasteiger partial charge in [-0.15, -0.1) is 0 Å². The van der Waals surface area contributed by atoms with Gasteiger partial charge in [-0.05, 0) is 46.5 Å². The second-order valence-corrected chi connectivity index (χ2v) is 12.5. The Morgan fingerprint density at radius 2 is 0.841 bits per heavy atom. The Morgan fingerprint density at radius 1 is 0.500 bits per heavy atom. The van der Waals surface area contributed by atoms with Gasteiger partial charge in [0.1, 0.15) is 5.78 Å². The van der Waals surface area contributed by atoms with Crippen molar-refractivity contribution < 1.29 is 4.79 Å². The van der Waals surface area contributed by atoms with Crippen molar-refractivity contribution in [1.82, 2.24) is 9.80 Å². The van der Waals surface area contributed by atoms with E-state index in [9.17, 15) is 4.79 Å². The Morgan fingerprint density at radius 3 is 1.18 bits per heavy atom. The van der Waals surface area contributed by atoms with Crippen molar-refractivity contribution in [3.63, 3.8) is 0 Å². The highest BCUT2D eigenvalue weighted by Crippen LogP contribution is 2.29. The van der Waals surface area contributed by atoms with E-state index in [0.717, 1.165) is 76.6 Å². The molecule has 0 aromatic heterocycles. The first-order chi connectivity index (χ1) is 21.5. The average molecular weight is 587 g/mol. The molecule has 0 N–H and O–H groups in total. The van der Waals surface area contributed by atoms with E-state index in [2.05, 4.69) is 143 Å². The maximum absolute atomic E-state index is 13.6. The molecule has 0 radical (unpaired) electrons. The molecule has 5 nitrogen and oxygen atoms in total. The van der Waals surface area contributed by atoms with Gasteiger partial charge in [-0.3, -0.25) is 14.6 Å². The lowest BCUT2D eigenvalue weighted by Gasteiger charge is -2.36. The molecule has 0 saturated carbocycles. The van der Waals surface area contributed by atoms with Crippen molar-refractivity contribution >= 4 is 17.2 Å². The van der Waals surface area contributed by atoms with Crippen LogP contribution in [0, 0.1) is 0 Å². The van der Waals surface area contributed by atoms with Crippen molar-refractivity contribution in [3.8, 4) is 0 Å². The van der Waals surface area contributed by atoms with Crippen molar-refractivity contribution in [1.29, 1.82) is 0 Å². The van der Waals surface area contributed by atoms with Gasteiger partial charge in [-0.25, -0.2) is 0 Å². The molecule has 0 amide bonds. The molecule has 2 heterocycles. The molecule has 2 saturated heterocycles. The van der Waals surface area contributed by atoms with Gasteiger partial charge < -0.3 is 9.80 Å². The van der Waals surface area contributed by atoms with Crippen LogP contribution in [0.5, 0.6) is 0 Å². The summed E-state index contributed by atoms with van der Waals surface area (Å²) in [5, 5.41) is 0. The molecule has 0 spiro atoms. The maximum atomic E-state index is 13.6. The molecule has 5 heteroatoms. The lowest BCUT2D eigenvalue weighted by molar-refractivity contribution is -0.121. The van der Waals surface area contributed by atoms with Gasteiger partial charge >= 0.3 is 0 Å². The van der Waals surface area contributed by atoms with E-state index in [0.29, 0.717) is 0 Å². The van der Waals surface area contributed by atoms with Crippen LogP contribution >= 0.6 is 0 Å². The van der Waals surface area contributed by atoms with Gasteiger partial charge in [-0.1, -0.05) is 98.8 Å². The molecule has 2 unspecified atom stereocenters. The fourth-order valence-corrected chi connectivity index (χ4v) is 6.66. The Kier molecular flexibility index (Phi) is 9.74. The fraction of sp³-hybridized carbons (Fsp3) is 0.359. The first-order valence-corrected chi connectivity index (χ1v) is 16.3. The van der Waals surface area contributed by atoms with E-state index in [1.54, 1.807) is 0 Å². The number of carbonyl (C=O) groups excluding carboxylic acids is 1. The number of Topliss-reactive ketones (excluding diaryl/α,β-unsaturated/α-hetero) is 1. The van der Waals surface area contributed by atoms with Crippen molar-refractivity contribution in [3.05, 3.63) is 131 Å². The summed E-state index contributed by atoms with van der Waals surface area (Å²) in [5.74, 6) is -0.00664. The number of hydrogen-bond donors (Lipinski definition) is 0. The molecule has 2 atom stereocenters. The predicted octanol–water partition coefficient (Wildman–Crippen LogP) is 6.81. The Labute approximate surface area is 263 Å². The fourth-order valence-electron chi connectivity index (χ4n) is 6.66. The summed E-state index contributed by atoms with van der Waals surface area (Å²) in [6.45, 7) is 14.5. The Bertz CT molecular complexity index is 1340. The smallest absolute Gasteiger partial charge is 0.147 e. The number of benzene rings is 4. The van der Waals surface area contributed by atoms with Crippen LogP contribution in [0.1, 0.15) is 47.9 Å². The molecule has 4 aromatic carbocycles. The highest BCUT2D eigenvalue weighted by Gasteiger charge is 2.24. The van der Waals surface area contributed by atoms with Gasteiger partial charge in [0.05, 0.1) is 0 Å². The Hall–Kier alpha value is -3.93. The van der Waals surface area contributed by atoms with Crippen molar-refractivity contribution in [2.24, 2.45) is 0 Å². The summed E-state index contributed by atoms with van der Waals surface area (Å²) in [5.41, 5.74) is 7.44. The zero-order chi connectivity index (χ0) is 30.3. The molecule has 6 rings (SSSR count). The van der Waals surface area contributed by atoms with Gasteiger partial charge in [0.25, 0.3) is 0 Å². The van der Waals surface area contributed by atoms with Crippen molar-refractivity contribution in [2.45, 2.75) is 38.8 Å². The Balaban J connectivity index is 0.983. The minimum Gasteiger partial charge on any atom is -0.369 e. The van der Waals surface area contributed by atoms with E-state index >= 15 is 0 Å². The number of carbonyl (C=O) groups is 1. The molecular formula is C39H46N4O. The van der Waals surface area contributed by atoms with Crippen LogP contribution in [0.15, 0.2) is 109 Å². The topological polar surface area (TPSA) is 30.0 Å². The second-order valence-electron chi connectivity index (χ2n) is 12.5. The SMILES string of the molecule is CC(C(=O)C(C)c1ccc(N2CCN(Cc3ccccc3)CC2)cc1)c1ccc(N2CCN(Cc3ccccc3)CC2)cc1. The largest absolute Gasteiger partial charge is 0.369 e. The summed E-state index contributed by atoms with van der Waals surface area (Å²) in [7, 11) is 0. The minimum absolute atomic E-state index is 0.140. The van der Waals surface area contributed by atoms with Crippen LogP contribution in [0.25, 0.3) is 0 Å². The molecule has 4 aromatic rings. The van der Waals surface area contributed by atoms with E-state index in [4.69, 9.17) is 0 Å². The molecule has 2 aliphatic rings. The van der Waals surface area contributed by atoms with E-state index in [1.807, 2.05) is 0 Å². The van der Waals surface area contributed by atoms with Crippen LogP contribution in [0.4, 0.5) is 11.4 Å². The third kappa shape index (κ3) is 7.40. The first kappa shape index (κ1) is 30.1. The van der Waals surface area contributed by atoms with Crippen LogP contribution in [-0.2, 0) is 17.9 Å². The summed E-state index contributed by atoms with van der Waals surface area (Å²) < 4.78 is 0. The molecule has 0 aliphatic carbocycles. The summed E-state index contributed by atoms with van der Waals surface area (Å²) in [4.78, 5) is 23.5. The maximum Gasteiger partial charge on any atom is 0.147 e. The molecule has 2 fully saturated rings. The van der Waals surface area contributed by atoms with E-state index in [-0.39, 0.29) is 17.6 Å². The van der Waals surface area contributed by atoms with E-state index in [1.165, 1.54) is 22.5 Å². The van der Waals surface area contributed by atoms with Gasteiger partial charge in [-0.2, -0.15) is 0 Å². The normalized spacial score (nSPS) is 17.8. The average Bonchev–Trinajstić information content (AvgIpc) is 3.09. The van der Waals surface area contributed by atoms with E-state index < -0.39 is 0 Å². The number of ketones is 1. The number of rotatable bonds is 10. The molecular weight excluding hydrogens is 540 g/mol. The van der Waals surface area contributed by atoms with Crippen LogP contribution in [0.2, 0.25) is 0 Å². The number of nitrogens with zero attached hydrogens (tertiary/aromatic N) is 4.